The molecule has 8 nitrogen and oxygen atoms in total. The van der Waals surface area contributed by atoms with Gasteiger partial charge in [0.25, 0.3) is 5.91 Å². The molecule has 0 spiro atoms. The number of anilines is 1. The lowest BCUT2D eigenvalue weighted by Gasteiger charge is -2.37. The number of fused-ring (bicyclic) bond motifs is 2. The van der Waals surface area contributed by atoms with Crippen molar-refractivity contribution >= 4 is 34.1 Å². The van der Waals surface area contributed by atoms with Gasteiger partial charge in [-0.2, -0.15) is 9.97 Å². The number of carbonyl (C=O) groups excluding carboxylic acids is 1. The number of ether oxygens (including phenoxy) is 2. The number of halogens is 2. The van der Waals surface area contributed by atoms with Gasteiger partial charge in [0.15, 0.2) is 5.83 Å². The first-order valence-electron chi connectivity index (χ1n) is 13.8. The van der Waals surface area contributed by atoms with E-state index in [1.54, 1.807) is 0 Å². The van der Waals surface area contributed by atoms with Crippen molar-refractivity contribution in [1.29, 1.82) is 0 Å². The Hall–Kier alpha value is -3.27. The second-order valence-electron chi connectivity index (χ2n) is 10.7. The van der Waals surface area contributed by atoms with E-state index in [0.29, 0.717) is 62.9 Å². The van der Waals surface area contributed by atoms with Crippen molar-refractivity contribution in [3.05, 3.63) is 70.6 Å². The highest BCUT2D eigenvalue weighted by Gasteiger charge is 2.32. The van der Waals surface area contributed by atoms with Gasteiger partial charge in [-0.3, -0.25) is 4.79 Å². The third-order valence-electron chi connectivity index (χ3n) is 8.27. The molecule has 1 unspecified atom stereocenters. The lowest BCUT2D eigenvalue weighted by Crippen LogP contribution is -2.49. The zero-order chi connectivity index (χ0) is 27.8. The lowest BCUT2D eigenvalue weighted by atomic mass is 9.94. The first kappa shape index (κ1) is 26.9. The van der Waals surface area contributed by atoms with E-state index < -0.39 is 11.7 Å². The van der Waals surface area contributed by atoms with Crippen LogP contribution in [0.15, 0.2) is 48.8 Å². The van der Waals surface area contributed by atoms with Crippen molar-refractivity contribution in [2.24, 2.45) is 0 Å². The molecule has 210 valence electrons. The molecule has 0 saturated carbocycles. The van der Waals surface area contributed by atoms with E-state index in [9.17, 15) is 9.18 Å². The number of likely N-dealkylation sites (N-methyl/N-ethyl adjacent to an activating group) is 1. The van der Waals surface area contributed by atoms with E-state index in [-0.39, 0.29) is 6.10 Å². The Labute approximate surface area is 238 Å². The predicted molar refractivity (Wildman–Crippen MR) is 152 cm³/mol. The molecule has 6 rings (SSSR count). The van der Waals surface area contributed by atoms with E-state index in [0.717, 1.165) is 52.8 Å². The summed E-state index contributed by atoms with van der Waals surface area (Å²) in [7, 11) is 2.12. The summed E-state index contributed by atoms with van der Waals surface area (Å²) < 4.78 is 26.1. The summed E-state index contributed by atoms with van der Waals surface area (Å²) >= 11 is 6.63. The van der Waals surface area contributed by atoms with Gasteiger partial charge in [-0.15, -0.1) is 0 Å². The molecule has 0 radical (unpaired) electrons. The molecule has 1 aromatic heterocycles. The molecule has 3 aliphatic heterocycles. The summed E-state index contributed by atoms with van der Waals surface area (Å²) in [5.41, 5.74) is 2.83. The van der Waals surface area contributed by atoms with Crippen molar-refractivity contribution in [2.45, 2.75) is 38.0 Å². The molecule has 0 aliphatic carbocycles. The summed E-state index contributed by atoms with van der Waals surface area (Å²) in [4.78, 5) is 27.7. The smallest absolute Gasteiger partial charge is 0.318 e. The van der Waals surface area contributed by atoms with E-state index in [1.165, 1.54) is 4.90 Å². The van der Waals surface area contributed by atoms with Crippen LogP contribution < -0.4 is 9.64 Å². The fourth-order valence-corrected chi connectivity index (χ4v) is 6.29. The number of nitrogens with zero attached hydrogens (tertiary/aromatic N) is 5. The third-order valence-corrected chi connectivity index (χ3v) is 8.58. The van der Waals surface area contributed by atoms with Crippen molar-refractivity contribution < 1.29 is 18.7 Å². The van der Waals surface area contributed by atoms with Crippen LogP contribution in [0.2, 0.25) is 5.02 Å². The Morgan fingerprint density at radius 1 is 1.15 bits per heavy atom. The number of piperazine rings is 1. The van der Waals surface area contributed by atoms with Crippen LogP contribution in [0.3, 0.4) is 0 Å². The average molecular weight is 566 g/mol. The fraction of sp³-hybridized carbons (Fsp3) is 0.433. The van der Waals surface area contributed by atoms with E-state index in [4.69, 9.17) is 31.0 Å². The number of hydrogen-bond acceptors (Lipinski definition) is 7. The van der Waals surface area contributed by atoms with Crippen LogP contribution in [0, 0.1) is 0 Å². The Morgan fingerprint density at radius 2 is 1.93 bits per heavy atom. The summed E-state index contributed by atoms with van der Waals surface area (Å²) in [5.74, 6) is -0.845. The predicted octanol–water partition coefficient (Wildman–Crippen LogP) is 4.70. The zero-order valence-corrected chi connectivity index (χ0v) is 23.4. The number of amides is 1. The largest absolute Gasteiger partial charge is 0.462 e. The highest BCUT2D eigenvalue weighted by molar-refractivity contribution is 6.35. The number of carbonyl (C=O) groups is 1. The van der Waals surface area contributed by atoms with Gasteiger partial charge in [-0.1, -0.05) is 48.5 Å². The Kier molecular flexibility index (Phi) is 7.61. The van der Waals surface area contributed by atoms with Crippen LogP contribution in [0.1, 0.15) is 35.8 Å². The summed E-state index contributed by atoms with van der Waals surface area (Å²) in [5, 5.41) is 2.75. The van der Waals surface area contributed by atoms with Crippen LogP contribution in [0.4, 0.5) is 10.2 Å². The molecule has 4 heterocycles. The average Bonchev–Trinajstić information content (AvgIpc) is 3.39. The highest BCUT2D eigenvalue weighted by atomic mass is 35.5. The minimum atomic E-state index is -0.937. The molecule has 40 heavy (non-hydrogen) atoms. The Morgan fingerprint density at radius 3 is 2.65 bits per heavy atom. The van der Waals surface area contributed by atoms with E-state index in [1.807, 2.05) is 18.2 Å². The first-order valence-corrected chi connectivity index (χ1v) is 14.2. The molecule has 0 bridgehead atoms. The van der Waals surface area contributed by atoms with Crippen molar-refractivity contribution in [3.63, 3.8) is 0 Å². The highest BCUT2D eigenvalue weighted by Crippen LogP contribution is 2.39. The monoisotopic (exact) mass is 565 g/mol. The van der Waals surface area contributed by atoms with Gasteiger partial charge in [0.1, 0.15) is 12.4 Å². The maximum Gasteiger partial charge on any atom is 0.318 e. The quantitative estimate of drug-likeness (QED) is 0.401. The maximum absolute atomic E-state index is 13.5. The van der Waals surface area contributed by atoms with Crippen molar-refractivity contribution in [3.8, 4) is 6.01 Å². The molecule has 2 saturated heterocycles. The van der Waals surface area contributed by atoms with Crippen LogP contribution >= 0.6 is 11.6 Å². The van der Waals surface area contributed by atoms with Gasteiger partial charge in [0, 0.05) is 54.6 Å². The van der Waals surface area contributed by atoms with Gasteiger partial charge in [0.2, 0.25) is 0 Å². The Bertz CT molecular complexity index is 1440. The second-order valence-corrected chi connectivity index (χ2v) is 11.1. The minimum Gasteiger partial charge on any atom is -0.462 e. The summed E-state index contributed by atoms with van der Waals surface area (Å²) in [6.07, 6.45) is 2.57. The number of aromatic nitrogens is 2. The van der Waals surface area contributed by atoms with Gasteiger partial charge in [-0.25, -0.2) is 4.39 Å². The lowest BCUT2D eigenvalue weighted by molar-refractivity contribution is -0.128. The molecule has 2 aromatic carbocycles. The third kappa shape index (κ3) is 5.25. The van der Waals surface area contributed by atoms with Crippen molar-refractivity contribution in [1.82, 2.24) is 19.8 Å². The molecule has 1 amide bonds. The SMILES string of the molecule is C=C(F)C(=O)N1CCN(c2nc(OC[C@@H]3CCCN3C)nc3c2COC(c2cccc4cccc(Cl)c24)C3)CC1. The molecule has 10 heteroatoms. The zero-order valence-electron chi connectivity index (χ0n) is 22.6. The topological polar surface area (TPSA) is 71.0 Å². The fourth-order valence-electron chi connectivity index (χ4n) is 6.00. The van der Waals surface area contributed by atoms with Crippen LogP contribution in [0.25, 0.3) is 10.8 Å². The number of rotatable bonds is 6. The van der Waals surface area contributed by atoms with Crippen LogP contribution in [0.5, 0.6) is 6.01 Å². The van der Waals surface area contributed by atoms with Gasteiger partial charge < -0.3 is 24.2 Å². The van der Waals surface area contributed by atoms with Crippen LogP contribution in [-0.4, -0.2) is 78.1 Å². The summed E-state index contributed by atoms with van der Waals surface area (Å²) in [6, 6.07) is 12.7. The van der Waals surface area contributed by atoms with Gasteiger partial charge in [0.05, 0.1) is 18.4 Å². The molecule has 2 atom stereocenters. The van der Waals surface area contributed by atoms with Crippen LogP contribution in [-0.2, 0) is 22.6 Å². The molecular formula is C30H33ClFN5O3. The van der Waals surface area contributed by atoms with E-state index in [2.05, 4.69) is 41.6 Å². The summed E-state index contributed by atoms with van der Waals surface area (Å²) in [6.45, 7) is 6.85. The van der Waals surface area contributed by atoms with Gasteiger partial charge >= 0.3 is 6.01 Å². The first-order chi connectivity index (χ1) is 19.4. The van der Waals surface area contributed by atoms with Crippen molar-refractivity contribution in [2.75, 3.05) is 51.3 Å². The normalized spacial score (nSPS) is 21.5. The number of benzene rings is 2. The number of hydrogen-bond donors (Lipinski definition) is 0. The minimum absolute atomic E-state index is 0.224. The molecule has 2 fully saturated rings. The standard InChI is InChI=1S/C30H33ClFN5O3/c1-19(32)29(38)37-14-12-36(13-15-37)28-23-18-39-26(22-9-3-6-20-7-4-10-24(31)27(20)22)16-25(23)33-30(34-28)40-17-21-8-5-11-35(21)2/h3-4,6-7,9-10,21,26H,1,5,8,11-18H2,2H3/t21-,26?/m0/s1. The molecular weight excluding hydrogens is 533 g/mol. The Balaban J connectivity index is 1.30. The maximum atomic E-state index is 13.5. The van der Waals surface area contributed by atoms with E-state index >= 15 is 0 Å². The number of likely N-dealkylation sites (tertiary alicyclic amines) is 1. The molecule has 3 aliphatic rings. The molecule has 3 aromatic rings. The van der Waals surface area contributed by atoms with Gasteiger partial charge in [-0.05, 0) is 43.5 Å². The molecule has 0 N–H and O–H groups in total. The second kappa shape index (κ2) is 11.3.